The Hall–Kier alpha value is -1.46. The minimum Gasteiger partial charge on any atom is -0.499 e. The van der Waals surface area contributed by atoms with Crippen molar-refractivity contribution in [3.05, 3.63) is 48.8 Å². The van der Waals surface area contributed by atoms with E-state index in [0.29, 0.717) is 18.3 Å². The molecule has 0 heterocycles. The van der Waals surface area contributed by atoms with Crippen LogP contribution in [0.2, 0.25) is 0 Å². The van der Waals surface area contributed by atoms with E-state index < -0.39 is 0 Å². The van der Waals surface area contributed by atoms with Gasteiger partial charge in [0.2, 0.25) is 0 Å². The number of hydrogen-bond acceptors (Lipinski definition) is 5. The van der Waals surface area contributed by atoms with Gasteiger partial charge < -0.3 is 14.8 Å². The van der Waals surface area contributed by atoms with Crippen LogP contribution in [0.1, 0.15) is 122 Å². The van der Waals surface area contributed by atoms with E-state index in [4.69, 9.17) is 9.47 Å². The van der Waals surface area contributed by atoms with E-state index >= 15 is 0 Å². The highest BCUT2D eigenvalue weighted by atomic mass is 32.1. The maximum Gasteiger partial charge on any atom is 0.306 e. The molecular formula is C35H61NO3S. The quantitative estimate of drug-likeness (QED) is 0.0354. The molecule has 0 saturated heterocycles. The highest BCUT2D eigenvalue weighted by Crippen LogP contribution is 2.40. The molecular weight excluding hydrogens is 514 g/mol. The molecule has 0 aromatic carbocycles. The lowest BCUT2D eigenvalue weighted by Crippen LogP contribution is -2.26. The Kier molecular flexibility index (Phi) is 24.2. The van der Waals surface area contributed by atoms with Crippen LogP contribution in [0.4, 0.5) is 0 Å². The second-order valence-corrected chi connectivity index (χ2v) is 11.7. The molecule has 1 fully saturated rings. The van der Waals surface area contributed by atoms with Crippen molar-refractivity contribution in [1.29, 1.82) is 0 Å². The average Bonchev–Trinajstić information content (AvgIpc) is 3.30. The number of nitrogens with one attached hydrogen (secondary N) is 1. The van der Waals surface area contributed by atoms with Gasteiger partial charge in [-0.3, -0.25) is 4.79 Å². The molecule has 3 unspecified atom stereocenters. The van der Waals surface area contributed by atoms with Crippen LogP contribution >= 0.6 is 12.6 Å². The lowest BCUT2D eigenvalue weighted by atomic mass is 9.88. The van der Waals surface area contributed by atoms with Crippen molar-refractivity contribution in [2.75, 3.05) is 26.0 Å². The van der Waals surface area contributed by atoms with Gasteiger partial charge in [-0.15, -0.1) is 0 Å². The van der Waals surface area contributed by atoms with Crippen molar-refractivity contribution >= 4 is 18.6 Å². The van der Waals surface area contributed by atoms with Gasteiger partial charge in [-0.1, -0.05) is 88.5 Å². The van der Waals surface area contributed by atoms with Crippen molar-refractivity contribution in [3.8, 4) is 0 Å². The standard InChI is InChI=1S/C35H61NO3S/c1-4-5-6-7-8-9-10-11-12-13-14-15-16-17-18-20-28-38-31(2)30-32-25-26-34(33(32)23-19-21-29-40)39-35(37)24-22-27-36-3/h8-9,11-12,19,21,32-34,36,40H,2,4-7,10,13-18,20,22-30H2,1,3H3/b9-8-,12-11-,21-19-. The Morgan fingerprint density at radius 2 is 1.60 bits per heavy atom. The number of unbranched alkanes of at least 4 members (excludes halogenated alkanes) is 9. The van der Waals surface area contributed by atoms with Gasteiger partial charge in [0.1, 0.15) is 6.10 Å². The van der Waals surface area contributed by atoms with Crippen LogP contribution < -0.4 is 5.32 Å². The maximum atomic E-state index is 12.3. The van der Waals surface area contributed by atoms with Gasteiger partial charge in [0, 0.05) is 24.5 Å². The summed E-state index contributed by atoms with van der Waals surface area (Å²) in [6.07, 6.45) is 33.6. The van der Waals surface area contributed by atoms with E-state index in [0.717, 1.165) is 69.6 Å². The molecule has 40 heavy (non-hydrogen) atoms. The van der Waals surface area contributed by atoms with Crippen LogP contribution in [0.15, 0.2) is 48.8 Å². The molecule has 1 aliphatic rings. The molecule has 4 nitrogen and oxygen atoms in total. The number of ether oxygens (including phenoxy) is 2. The Balaban J connectivity index is 2.15. The van der Waals surface area contributed by atoms with Crippen molar-refractivity contribution in [1.82, 2.24) is 5.32 Å². The van der Waals surface area contributed by atoms with Crippen LogP contribution in [-0.4, -0.2) is 38.0 Å². The third-order valence-corrected chi connectivity index (χ3v) is 8.03. The highest BCUT2D eigenvalue weighted by Gasteiger charge is 2.38. The van der Waals surface area contributed by atoms with Gasteiger partial charge in [-0.25, -0.2) is 0 Å². The molecule has 230 valence electrons. The predicted molar refractivity (Wildman–Crippen MR) is 176 cm³/mol. The van der Waals surface area contributed by atoms with Crippen molar-refractivity contribution in [3.63, 3.8) is 0 Å². The lowest BCUT2D eigenvalue weighted by molar-refractivity contribution is -0.151. The van der Waals surface area contributed by atoms with Gasteiger partial charge in [0.25, 0.3) is 0 Å². The lowest BCUT2D eigenvalue weighted by Gasteiger charge is -2.24. The van der Waals surface area contributed by atoms with E-state index in [1.54, 1.807) is 0 Å². The Morgan fingerprint density at radius 3 is 2.30 bits per heavy atom. The van der Waals surface area contributed by atoms with Gasteiger partial charge in [0.15, 0.2) is 0 Å². The molecule has 0 spiro atoms. The summed E-state index contributed by atoms with van der Waals surface area (Å²) in [5.74, 6) is 2.32. The molecule has 0 aromatic rings. The van der Waals surface area contributed by atoms with E-state index in [1.807, 2.05) is 7.05 Å². The molecule has 1 aliphatic carbocycles. The van der Waals surface area contributed by atoms with E-state index in [2.05, 4.69) is 67.9 Å². The van der Waals surface area contributed by atoms with Crippen LogP contribution in [0.25, 0.3) is 0 Å². The Labute approximate surface area is 252 Å². The van der Waals surface area contributed by atoms with Crippen molar-refractivity contribution in [2.45, 2.75) is 129 Å². The largest absolute Gasteiger partial charge is 0.499 e. The van der Waals surface area contributed by atoms with Gasteiger partial charge in [-0.05, 0) is 83.7 Å². The van der Waals surface area contributed by atoms with E-state index in [9.17, 15) is 4.79 Å². The molecule has 3 atom stereocenters. The summed E-state index contributed by atoms with van der Waals surface area (Å²) in [6.45, 7) is 8.07. The molecule has 1 rings (SSSR count). The first-order chi connectivity index (χ1) is 19.6. The second-order valence-electron chi connectivity index (χ2n) is 11.3. The molecule has 0 aliphatic heterocycles. The summed E-state index contributed by atoms with van der Waals surface area (Å²) < 4.78 is 11.9. The molecule has 1 N–H and O–H groups in total. The zero-order valence-electron chi connectivity index (χ0n) is 25.9. The zero-order valence-corrected chi connectivity index (χ0v) is 26.8. The molecule has 0 bridgehead atoms. The monoisotopic (exact) mass is 575 g/mol. The first kappa shape index (κ1) is 36.6. The van der Waals surface area contributed by atoms with Crippen molar-refractivity contribution < 1.29 is 14.3 Å². The third-order valence-electron chi connectivity index (χ3n) is 7.82. The molecule has 0 amide bonds. The number of hydrogen-bond donors (Lipinski definition) is 2. The van der Waals surface area contributed by atoms with Crippen LogP contribution in [0.3, 0.4) is 0 Å². The topological polar surface area (TPSA) is 47.6 Å². The maximum absolute atomic E-state index is 12.3. The normalized spacial score (nSPS) is 19.3. The highest BCUT2D eigenvalue weighted by molar-refractivity contribution is 7.80. The minimum atomic E-state index is -0.0726. The SMILES string of the molecule is C=C(CC1CCC(OC(=O)CCCNC)C1C/C=C\CS)OCCCCCCCC/C=C\C/C=C\CCCCC. The van der Waals surface area contributed by atoms with Crippen LogP contribution in [0.5, 0.6) is 0 Å². The number of allylic oxidation sites excluding steroid dienone is 6. The summed E-state index contributed by atoms with van der Waals surface area (Å²) in [5.41, 5.74) is 0. The summed E-state index contributed by atoms with van der Waals surface area (Å²) in [4.78, 5) is 12.3. The number of thiol groups is 1. The Morgan fingerprint density at radius 1 is 0.900 bits per heavy atom. The first-order valence-corrected chi connectivity index (χ1v) is 17.0. The fourth-order valence-corrected chi connectivity index (χ4v) is 5.63. The summed E-state index contributed by atoms with van der Waals surface area (Å²) in [6, 6.07) is 0. The molecule has 5 heteroatoms. The first-order valence-electron chi connectivity index (χ1n) is 16.3. The number of esters is 1. The minimum absolute atomic E-state index is 0.00268. The summed E-state index contributed by atoms with van der Waals surface area (Å²) in [7, 11) is 1.91. The summed E-state index contributed by atoms with van der Waals surface area (Å²) in [5, 5.41) is 3.09. The van der Waals surface area contributed by atoms with E-state index in [1.165, 1.54) is 64.2 Å². The number of carbonyl (C=O) groups is 1. The fraction of sp³-hybridized carbons (Fsp3) is 0.743. The second kappa shape index (κ2) is 26.4. The third kappa shape index (κ3) is 19.6. The summed E-state index contributed by atoms with van der Waals surface area (Å²) >= 11 is 4.29. The van der Waals surface area contributed by atoms with Gasteiger partial charge >= 0.3 is 5.97 Å². The van der Waals surface area contributed by atoms with Crippen LogP contribution in [0, 0.1) is 11.8 Å². The smallest absolute Gasteiger partial charge is 0.306 e. The molecule has 0 radical (unpaired) electrons. The zero-order chi connectivity index (χ0) is 29.1. The van der Waals surface area contributed by atoms with Gasteiger partial charge in [-0.2, -0.15) is 12.6 Å². The Bertz CT molecular complexity index is 717. The number of rotatable bonds is 26. The van der Waals surface area contributed by atoms with Gasteiger partial charge in [0.05, 0.1) is 12.4 Å². The number of carbonyl (C=O) groups excluding carboxylic acids is 1. The predicted octanol–water partition coefficient (Wildman–Crippen LogP) is 9.53. The van der Waals surface area contributed by atoms with E-state index in [-0.39, 0.29) is 12.1 Å². The molecule has 0 aromatic heterocycles. The van der Waals surface area contributed by atoms with Crippen LogP contribution in [-0.2, 0) is 14.3 Å². The average molecular weight is 576 g/mol. The van der Waals surface area contributed by atoms with Crippen molar-refractivity contribution in [2.24, 2.45) is 11.8 Å². The fourth-order valence-electron chi connectivity index (χ4n) is 5.48. The molecule has 1 saturated carbocycles.